The lowest BCUT2D eigenvalue weighted by Gasteiger charge is -2.36. The molecule has 0 spiro atoms. The van der Waals surface area contributed by atoms with E-state index < -0.39 is 0 Å². The lowest BCUT2D eigenvalue weighted by atomic mass is 9.77. The van der Waals surface area contributed by atoms with Gasteiger partial charge in [-0.15, -0.1) is 0 Å². The molecule has 3 heteroatoms. The molecule has 0 saturated heterocycles. The van der Waals surface area contributed by atoms with Crippen molar-refractivity contribution in [2.75, 3.05) is 6.61 Å². The summed E-state index contributed by atoms with van der Waals surface area (Å²) in [4.78, 5) is 4.41. The maximum atomic E-state index is 6.22. The molecule has 1 fully saturated rings. The highest BCUT2D eigenvalue weighted by Crippen LogP contribution is 2.33. The first kappa shape index (κ1) is 13.5. The largest absolute Gasteiger partial charge is 0.378 e. The smallest absolute Gasteiger partial charge is 0.0580 e. The average Bonchev–Trinajstić information content (AvgIpc) is 2.29. The normalized spacial score (nSPS) is 24.6. The second kappa shape index (κ2) is 6.30. The maximum absolute atomic E-state index is 6.22. The lowest BCUT2D eigenvalue weighted by molar-refractivity contribution is -0.0281. The van der Waals surface area contributed by atoms with E-state index in [-0.39, 0.29) is 6.04 Å². The molecule has 1 atom stereocenters. The van der Waals surface area contributed by atoms with Crippen LogP contribution < -0.4 is 5.73 Å². The minimum atomic E-state index is 0.228. The fraction of sp³-hybridized carbons (Fsp3) is 0.667. The molecule has 0 radical (unpaired) electrons. The Bertz CT molecular complexity index is 375. The van der Waals surface area contributed by atoms with Gasteiger partial charge in [-0.05, 0) is 50.7 Å². The Morgan fingerprint density at radius 3 is 2.94 bits per heavy atom. The third-order valence-corrected chi connectivity index (χ3v) is 3.80. The molecule has 18 heavy (non-hydrogen) atoms. The van der Waals surface area contributed by atoms with Crippen LogP contribution >= 0.6 is 0 Å². The van der Waals surface area contributed by atoms with E-state index in [0.29, 0.717) is 6.10 Å². The molecule has 1 heterocycles. The van der Waals surface area contributed by atoms with E-state index >= 15 is 0 Å². The third-order valence-electron chi connectivity index (χ3n) is 3.80. The number of aromatic nitrogens is 1. The maximum Gasteiger partial charge on any atom is 0.0580 e. The average molecular weight is 248 g/mol. The summed E-state index contributed by atoms with van der Waals surface area (Å²) in [5.41, 5.74) is 8.61. The van der Waals surface area contributed by atoms with Crippen molar-refractivity contribution >= 4 is 0 Å². The second-order valence-corrected chi connectivity index (χ2v) is 5.38. The van der Waals surface area contributed by atoms with Crippen molar-refractivity contribution in [2.45, 2.75) is 51.7 Å². The van der Waals surface area contributed by atoms with Crippen LogP contribution in [0, 0.1) is 12.8 Å². The molecule has 1 aliphatic carbocycles. The fourth-order valence-electron chi connectivity index (χ4n) is 2.73. The first-order valence-electron chi connectivity index (χ1n) is 6.96. The Labute approximate surface area is 110 Å². The van der Waals surface area contributed by atoms with E-state index in [9.17, 15) is 0 Å². The highest BCUT2D eigenvalue weighted by atomic mass is 16.5. The van der Waals surface area contributed by atoms with Crippen molar-refractivity contribution in [2.24, 2.45) is 11.7 Å². The number of ether oxygens (including phenoxy) is 1. The Kier molecular flexibility index (Phi) is 4.72. The number of pyridine rings is 1. The molecule has 3 nitrogen and oxygen atoms in total. The molecular formula is C15H24N2O. The molecule has 2 N–H and O–H groups in total. The topological polar surface area (TPSA) is 48.1 Å². The highest BCUT2D eigenvalue weighted by Gasteiger charge is 2.30. The van der Waals surface area contributed by atoms with Crippen molar-refractivity contribution < 1.29 is 4.74 Å². The monoisotopic (exact) mass is 248 g/mol. The van der Waals surface area contributed by atoms with E-state index in [4.69, 9.17) is 10.5 Å². The molecule has 1 unspecified atom stereocenters. The molecule has 1 aromatic rings. The first-order valence-corrected chi connectivity index (χ1v) is 6.96. The first-order chi connectivity index (χ1) is 8.69. The number of nitrogens with zero attached hydrogens (tertiary/aromatic N) is 1. The van der Waals surface area contributed by atoms with Crippen molar-refractivity contribution in [1.82, 2.24) is 4.98 Å². The van der Waals surface area contributed by atoms with Gasteiger partial charge in [0.1, 0.15) is 0 Å². The van der Waals surface area contributed by atoms with Gasteiger partial charge < -0.3 is 10.5 Å². The van der Waals surface area contributed by atoms with Crippen LogP contribution in [0.2, 0.25) is 0 Å². The number of hydrogen-bond acceptors (Lipinski definition) is 3. The Balaban J connectivity index is 1.73. The predicted octanol–water partition coefficient (Wildman–Crippen LogP) is 2.47. The molecule has 1 aliphatic rings. The molecular weight excluding hydrogens is 224 g/mol. The summed E-state index contributed by atoms with van der Waals surface area (Å²) < 4.78 is 5.57. The Hall–Kier alpha value is -0.930. The SMILES string of the molecule is CCOC1CC(CC(N)Cc2ncccc2C)C1. The summed E-state index contributed by atoms with van der Waals surface area (Å²) in [6.45, 7) is 4.99. The molecule has 1 aromatic heterocycles. The van der Waals surface area contributed by atoms with Gasteiger partial charge in [-0.2, -0.15) is 0 Å². The van der Waals surface area contributed by atoms with Gasteiger partial charge in [0.05, 0.1) is 6.10 Å². The highest BCUT2D eigenvalue weighted by molar-refractivity contribution is 5.18. The Morgan fingerprint density at radius 1 is 1.50 bits per heavy atom. The van der Waals surface area contributed by atoms with Crippen molar-refractivity contribution in [1.29, 1.82) is 0 Å². The number of aryl methyl sites for hydroxylation is 1. The molecule has 1 saturated carbocycles. The van der Waals surface area contributed by atoms with Crippen molar-refractivity contribution in [3.8, 4) is 0 Å². The van der Waals surface area contributed by atoms with Crippen molar-refractivity contribution in [3.63, 3.8) is 0 Å². The zero-order valence-electron chi connectivity index (χ0n) is 11.4. The lowest BCUT2D eigenvalue weighted by Crippen LogP contribution is -2.36. The minimum absolute atomic E-state index is 0.228. The van der Waals surface area contributed by atoms with Gasteiger partial charge in [0, 0.05) is 31.0 Å². The van der Waals surface area contributed by atoms with Crippen LogP contribution in [0.15, 0.2) is 18.3 Å². The summed E-state index contributed by atoms with van der Waals surface area (Å²) >= 11 is 0. The molecule has 100 valence electrons. The van der Waals surface area contributed by atoms with Crippen LogP contribution in [0.1, 0.15) is 37.4 Å². The van der Waals surface area contributed by atoms with Crippen molar-refractivity contribution in [3.05, 3.63) is 29.6 Å². The summed E-state index contributed by atoms with van der Waals surface area (Å²) in [5, 5.41) is 0. The second-order valence-electron chi connectivity index (χ2n) is 5.38. The molecule has 0 amide bonds. The van der Waals surface area contributed by atoms with E-state index in [1.54, 1.807) is 0 Å². The van der Waals surface area contributed by atoms with Crippen LogP contribution in [-0.4, -0.2) is 23.7 Å². The quantitative estimate of drug-likeness (QED) is 0.841. The van der Waals surface area contributed by atoms with Gasteiger partial charge >= 0.3 is 0 Å². The summed E-state index contributed by atoms with van der Waals surface area (Å²) in [5.74, 6) is 0.751. The molecule has 0 aromatic carbocycles. The molecule has 2 rings (SSSR count). The van der Waals surface area contributed by atoms with Gasteiger partial charge in [0.25, 0.3) is 0 Å². The standard InChI is InChI=1S/C15H24N2O/c1-3-18-14-8-12(9-14)7-13(16)10-15-11(2)5-4-6-17-15/h4-6,12-14H,3,7-10,16H2,1-2H3. The van der Waals surface area contributed by atoms with Gasteiger partial charge in [-0.1, -0.05) is 6.07 Å². The third kappa shape index (κ3) is 3.53. The summed E-state index contributed by atoms with van der Waals surface area (Å²) in [6, 6.07) is 4.30. The van der Waals surface area contributed by atoms with E-state index in [1.165, 1.54) is 18.4 Å². The fourth-order valence-corrected chi connectivity index (χ4v) is 2.73. The number of nitrogens with two attached hydrogens (primary N) is 1. The van der Waals surface area contributed by atoms with Gasteiger partial charge in [-0.25, -0.2) is 0 Å². The molecule has 0 bridgehead atoms. The number of rotatable bonds is 6. The van der Waals surface area contributed by atoms with Gasteiger partial charge in [-0.3, -0.25) is 4.98 Å². The van der Waals surface area contributed by atoms with Crippen LogP contribution in [0.3, 0.4) is 0 Å². The Morgan fingerprint density at radius 2 is 2.28 bits per heavy atom. The van der Waals surface area contributed by atoms with Crippen LogP contribution in [0.25, 0.3) is 0 Å². The van der Waals surface area contributed by atoms with E-state index in [0.717, 1.165) is 31.1 Å². The zero-order chi connectivity index (χ0) is 13.0. The van der Waals surface area contributed by atoms with Crippen LogP contribution in [0.5, 0.6) is 0 Å². The van der Waals surface area contributed by atoms with Gasteiger partial charge in [0.2, 0.25) is 0 Å². The van der Waals surface area contributed by atoms with E-state index in [2.05, 4.69) is 24.9 Å². The zero-order valence-corrected chi connectivity index (χ0v) is 11.4. The van der Waals surface area contributed by atoms with E-state index in [1.807, 2.05) is 12.3 Å². The minimum Gasteiger partial charge on any atom is -0.378 e. The predicted molar refractivity (Wildman–Crippen MR) is 73.4 cm³/mol. The van der Waals surface area contributed by atoms with Crippen LogP contribution in [0.4, 0.5) is 0 Å². The van der Waals surface area contributed by atoms with Gasteiger partial charge in [0.15, 0.2) is 0 Å². The number of hydrogen-bond donors (Lipinski definition) is 1. The summed E-state index contributed by atoms with van der Waals surface area (Å²) in [7, 11) is 0. The van der Waals surface area contributed by atoms with Crippen LogP contribution in [-0.2, 0) is 11.2 Å². The summed E-state index contributed by atoms with van der Waals surface area (Å²) in [6.07, 6.45) is 6.70. The molecule has 0 aliphatic heterocycles.